The molecule has 6 heteroatoms. The summed E-state index contributed by atoms with van der Waals surface area (Å²) in [7, 11) is 0. The predicted molar refractivity (Wildman–Crippen MR) is 113 cm³/mol. The van der Waals surface area contributed by atoms with E-state index in [0.717, 1.165) is 21.8 Å². The lowest BCUT2D eigenvalue weighted by molar-refractivity contribution is -0.0690. The van der Waals surface area contributed by atoms with Gasteiger partial charge in [-0.25, -0.2) is 4.98 Å². The van der Waals surface area contributed by atoms with Crippen molar-refractivity contribution in [2.24, 2.45) is 0 Å². The van der Waals surface area contributed by atoms with E-state index in [1.165, 1.54) is 11.3 Å². The zero-order valence-corrected chi connectivity index (χ0v) is 17.3. The van der Waals surface area contributed by atoms with Gasteiger partial charge in [-0.1, -0.05) is 54.1 Å². The number of carbonyl (C=O) groups is 1. The fraction of sp³-hybridized carbons (Fsp3) is 0.273. The largest absolute Gasteiger partial charge is 0.367 e. The second kappa shape index (κ2) is 8.03. The smallest absolute Gasteiger partial charge is 0.266 e. The number of rotatable bonds is 3. The Balaban J connectivity index is 1.57. The number of morpholine rings is 1. The highest BCUT2D eigenvalue weighted by Crippen LogP contribution is 2.32. The van der Waals surface area contributed by atoms with Gasteiger partial charge in [-0.3, -0.25) is 4.79 Å². The van der Waals surface area contributed by atoms with Gasteiger partial charge >= 0.3 is 0 Å². The summed E-state index contributed by atoms with van der Waals surface area (Å²) in [6, 6.07) is 17.6. The lowest BCUT2D eigenvalue weighted by Gasteiger charge is -2.37. The topological polar surface area (TPSA) is 42.4 Å². The molecule has 4 rings (SSSR count). The van der Waals surface area contributed by atoms with Crippen LogP contribution in [0.5, 0.6) is 0 Å². The molecule has 4 nitrogen and oxygen atoms in total. The van der Waals surface area contributed by atoms with Crippen LogP contribution >= 0.6 is 22.9 Å². The van der Waals surface area contributed by atoms with Crippen molar-refractivity contribution in [3.8, 4) is 10.6 Å². The quantitative estimate of drug-likeness (QED) is 0.580. The summed E-state index contributed by atoms with van der Waals surface area (Å²) in [5, 5.41) is 1.51. The highest BCUT2D eigenvalue weighted by atomic mass is 35.5. The number of hydrogen-bond donors (Lipinski definition) is 0. The van der Waals surface area contributed by atoms with Crippen molar-refractivity contribution < 1.29 is 9.53 Å². The molecule has 3 aromatic rings. The van der Waals surface area contributed by atoms with Crippen molar-refractivity contribution in [1.82, 2.24) is 9.88 Å². The molecule has 2 unspecified atom stereocenters. The maximum atomic E-state index is 13.3. The third kappa shape index (κ3) is 3.97. The zero-order chi connectivity index (χ0) is 19.7. The number of thiazole rings is 1. The number of nitrogens with zero attached hydrogens (tertiary/aromatic N) is 2. The van der Waals surface area contributed by atoms with E-state index in [1.807, 2.05) is 73.3 Å². The molecule has 0 aliphatic carbocycles. The third-order valence-electron chi connectivity index (χ3n) is 4.80. The monoisotopic (exact) mass is 412 g/mol. The zero-order valence-electron chi connectivity index (χ0n) is 15.8. The Bertz CT molecular complexity index is 972. The van der Waals surface area contributed by atoms with E-state index in [-0.39, 0.29) is 18.1 Å². The Morgan fingerprint density at radius 1 is 1.14 bits per heavy atom. The molecular weight excluding hydrogens is 392 g/mol. The van der Waals surface area contributed by atoms with Crippen LogP contribution in [0.15, 0.2) is 54.6 Å². The van der Waals surface area contributed by atoms with Gasteiger partial charge in [0.05, 0.1) is 18.3 Å². The number of amides is 1. The van der Waals surface area contributed by atoms with Crippen molar-refractivity contribution in [2.45, 2.75) is 26.1 Å². The molecular formula is C22H21ClN2O2S. The predicted octanol–water partition coefficient (Wildman–Crippen LogP) is 5.37. The second-order valence-corrected chi connectivity index (χ2v) is 8.43. The molecule has 0 saturated carbocycles. The van der Waals surface area contributed by atoms with Crippen molar-refractivity contribution in [3.05, 3.63) is 75.8 Å². The normalized spacial score (nSPS) is 19.6. The van der Waals surface area contributed by atoms with E-state index in [9.17, 15) is 4.79 Å². The van der Waals surface area contributed by atoms with Crippen LogP contribution in [0.1, 0.15) is 34.0 Å². The summed E-state index contributed by atoms with van der Waals surface area (Å²) in [5.41, 5.74) is 2.82. The average Bonchev–Trinajstić information content (AvgIpc) is 3.09. The number of halogens is 1. The van der Waals surface area contributed by atoms with Crippen LogP contribution < -0.4 is 0 Å². The van der Waals surface area contributed by atoms with Crippen molar-refractivity contribution in [2.75, 3.05) is 13.1 Å². The Morgan fingerprint density at radius 2 is 1.86 bits per heavy atom. The van der Waals surface area contributed by atoms with Crippen molar-refractivity contribution in [1.29, 1.82) is 0 Å². The van der Waals surface area contributed by atoms with Gasteiger partial charge < -0.3 is 9.64 Å². The first-order valence-electron chi connectivity index (χ1n) is 9.24. The molecule has 2 heterocycles. The third-order valence-corrected chi connectivity index (χ3v) is 6.25. The summed E-state index contributed by atoms with van der Waals surface area (Å²) in [6.45, 7) is 5.02. The number of ether oxygens (including phenoxy) is 1. The van der Waals surface area contributed by atoms with Crippen molar-refractivity contribution in [3.63, 3.8) is 0 Å². The van der Waals surface area contributed by atoms with E-state index in [0.29, 0.717) is 23.0 Å². The molecule has 144 valence electrons. The fourth-order valence-electron chi connectivity index (χ4n) is 3.42. The molecule has 1 saturated heterocycles. The number of aromatic nitrogens is 1. The van der Waals surface area contributed by atoms with Crippen LogP contribution in [0, 0.1) is 6.92 Å². The first-order valence-corrected chi connectivity index (χ1v) is 10.4. The second-order valence-electron chi connectivity index (χ2n) is 7.00. The molecule has 1 aromatic heterocycles. The van der Waals surface area contributed by atoms with Crippen LogP contribution in [-0.2, 0) is 4.74 Å². The molecule has 0 N–H and O–H groups in total. The minimum absolute atomic E-state index is 0.0197. The van der Waals surface area contributed by atoms with E-state index in [4.69, 9.17) is 16.3 Å². The van der Waals surface area contributed by atoms with E-state index < -0.39 is 0 Å². The highest BCUT2D eigenvalue weighted by Gasteiger charge is 2.31. The molecule has 2 aromatic carbocycles. The van der Waals surface area contributed by atoms with Gasteiger partial charge in [-0.15, -0.1) is 11.3 Å². The average molecular weight is 413 g/mol. The van der Waals surface area contributed by atoms with Gasteiger partial charge in [0.1, 0.15) is 16.0 Å². The molecule has 28 heavy (non-hydrogen) atoms. The molecule has 0 bridgehead atoms. The van der Waals surface area contributed by atoms with Gasteiger partial charge in [-0.05, 0) is 31.5 Å². The Kier molecular flexibility index (Phi) is 5.49. The molecule has 1 aliphatic heterocycles. The maximum absolute atomic E-state index is 13.3. The summed E-state index contributed by atoms with van der Waals surface area (Å²) in [5.74, 6) is 0.0197. The molecule has 2 atom stereocenters. The summed E-state index contributed by atoms with van der Waals surface area (Å²) in [4.78, 5) is 20.5. The number of carbonyl (C=O) groups excluding carboxylic acids is 1. The molecule has 1 fully saturated rings. The van der Waals surface area contributed by atoms with E-state index in [1.54, 1.807) is 0 Å². The Hall–Kier alpha value is -2.21. The number of benzene rings is 2. The Labute approximate surface area is 173 Å². The van der Waals surface area contributed by atoms with Crippen LogP contribution in [0.3, 0.4) is 0 Å². The molecule has 0 radical (unpaired) electrons. The molecule has 1 aliphatic rings. The summed E-state index contributed by atoms with van der Waals surface area (Å²) < 4.78 is 6.09. The van der Waals surface area contributed by atoms with Crippen LogP contribution in [-0.4, -0.2) is 35.0 Å². The number of hydrogen-bond acceptors (Lipinski definition) is 4. The van der Waals surface area contributed by atoms with Gasteiger partial charge in [0, 0.05) is 17.1 Å². The lowest BCUT2D eigenvalue weighted by Crippen LogP contribution is -2.45. The number of aryl methyl sites for hydroxylation is 1. The highest BCUT2D eigenvalue weighted by molar-refractivity contribution is 7.17. The lowest BCUT2D eigenvalue weighted by atomic mass is 10.1. The first kappa shape index (κ1) is 19.1. The Morgan fingerprint density at radius 3 is 2.57 bits per heavy atom. The minimum Gasteiger partial charge on any atom is -0.367 e. The van der Waals surface area contributed by atoms with Crippen LogP contribution in [0.2, 0.25) is 5.02 Å². The van der Waals surface area contributed by atoms with Crippen LogP contribution in [0.4, 0.5) is 0 Å². The van der Waals surface area contributed by atoms with Crippen LogP contribution in [0.25, 0.3) is 10.6 Å². The summed E-state index contributed by atoms with van der Waals surface area (Å²) in [6.07, 6.45) is -0.135. The van der Waals surface area contributed by atoms with Gasteiger partial charge in [-0.2, -0.15) is 0 Å². The maximum Gasteiger partial charge on any atom is 0.266 e. The standard InChI is InChI=1S/C22H21ClN2O2S/c1-14-12-25(13-19(27-14)16-6-4-3-5-7-16)22(26)20-15(2)24-21(28-20)17-8-10-18(23)11-9-17/h3-11,14,19H,12-13H2,1-2H3. The first-order chi connectivity index (χ1) is 13.5. The SMILES string of the molecule is Cc1nc(-c2ccc(Cl)cc2)sc1C(=O)N1CC(C)OC(c2ccccc2)C1. The molecule has 1 amide bonds. The van der Waals surface area contributed by atoms with Gasteiger partial charge in [0.15, 0.2) is 0 Å². The summed E-state index contributed by atoms with van der Waals surface area (Å²) >= 11 is 7.41. The van der Waals surface area contributed by atoms with Gasteiger partial charge in [0.2, 0.25) is 0 Å². The minimum atomic E-state index is -0.113. The van der Waals surface area contributed by atoms with E-state index in [2.05, 4.69) is 4.98 Å². The van der Waals surface area contributed by atoms with E-state index >= 15 is 0 Å². The van der Waals surface area contributed by atoms with Gasteiger partial charge in [0.25, 0.3) is 5.91 Å². The fourth-order valence-corrected chi connectivity index (χ4v) is 4.59. The van der Waals surface area contributed by atoms with Crippen molar-refractivity contribution >= 4 is 28.8 Å². The molecule has 0 spiro atoms.